The number of nitrogens with zero attached hydrogens (tertiary/aromatic N) is 2. The molecule has 0 atom stereocenters. The normalized spacial score (nSPS) is 10.8. The van der Waals surface area contributed by atoms with Crippen LogP contribution in [0.15, 0.2) is 30.5 Å². The number of hydrogen-bond donors (Lipinski definition) is 1. The van der Waals surface area contributed by atoms with E-state index in [2.05, 4.69) is 15.3 Å². The van der Waals surface area contributed by atoms with Gasteiger partial charge < -0.3 is 5.32 Å². The molecule has 0 radical (unpaired) electrons. The molecule has 0 spiro atoms. The number of fused-ring (bicyclic) bond motifs is 1. The fraction of sp³-hybridized carbons (Fsp3) is 0.0714. The molecule has 1 aromatic carbocycles. The lowest BCUT2D eigenvalue weighted by Gasteiger charge is -2.06. The van der Waals surface area contributed by atoms with Gasteiger partial charge in [0.2, 0.25) is 0 Å². The smallest absolute Gasteiger partial charge is 0.258 e. The zero-order valence-electron chi connectivity index (χ0n) is 10.9. The highest BCUT2D eigenvalue weighted by molar-refractivity contribution is 7.18. The van der Waals surface area contributed by atoms with Crippen LogP contribution in [-0.4, -0.2) is 15.9 Å². The molecule has 0 saturated heterocycles. The summed E-state index contributed by atoms with van der Waals surface area (Å²) >= 11 is 7.34. The van der Waals surface area contributed by atoms with Gasteiger partial charge in [0, 0.05) is 5.69 Å². The molecule has 0 aliphatic carbocycles. The average Bonchev–Trinajstić information content (AvgIpc) is 2.80. The van der Waals surface area contributed by atoms with Crippen molar-refractivity contribution < 1.29 is 9.18 Å². The van der Waals surface area contributed by atoms with Gasteiger partial charge in [-0.2, -0.15) is 0 Å². The van der Waals surface area contributed by atoms with E-state index in [-0.39, 0.29) is 10.7 Å². The molecule has 2 heterocycles. The molecule has 21 heavy (non-hydrogen) atoms. The Labute approximate surface area is 128 Å². The lowest BCUT2D eigenvalue weighted by molar-refractivity contribution is 0.102. The van der Waals surface area contributed by atoms with Gasteiger partial charge in [0.15, 0.2) is 0 Å². The molecule has 0 aliphatic heterocycles. The Hall–Kier alpha value is -2.05. The van der Waals surface area contributed by atoms with Crippen LogP contribution in [0.3, 0.4) is 0 Å². The summed E-state index contributed by atoms with van der Waals surface area (Å²) in [5.41, 5.74) is 1.47. The van der Waals surface area contributed by atoms with Gasteiger partial charge in [-0.25, -0.2) is 14.4 Å². The van der Waals surface area contributed by atoms with Crippen molar-refractivity contribution in [3.05, 3.63) is 52.0 Å². The number of rotatable bonds is 2. The standard InChI is InChI=1S/C14H9ClFN3OS/c1-7-18-11-3-2-9(5-12(11)21-7)19-14(20)10-4-8(16)6-17-13(10)15/h2-6H,1H3,(H,19,20). The van der Waals surface area contributed by atoms with E-state index in [1.54, 1.807) is 6.07 Å². The molecule has 0 saturated carbocycles. The third kappa shape index (κ3) is 2.86. The largest absolute Gasteiger partial charge is 0.322 e. The molecule has 106 valence electrons. The number of aryl methyl sites for hydroxylation is 1. The molecule has 4 nitrogen and oxygen atoms in total. The number of pyridine rings is 1. The van der Waals surface area contributed by atoms with Crippen molar-refractivity contribution in [3.63, 3.8) is 0 Å². The summed E-state index contributed by atoms with van der Waals surface area (Å²) in [6.07, 6.45) is 0.964. The molecule has 3 rings (SSSR count). The van der Waals surface area contributed by atoms with Gasteiger partial charge in [0.25, 0.3) is 5.91 Å². The minimum atomic E-state index is -0.613. The highest BCUT2D eigenvalue weighted by Crippen LogP contribution is 2.25. The lowest BCUT2D eigenvalue weighted by atomic mass is 10.2. The minimum Gasteiger partial charge on any atom is -0.322 e. The van der Waals surface area contributed by atoms with Crippen LogP contribution >= 0.6 is 22.9 Å². The van der Waals surface area contributed by atoms with Crippen LogP contribution < -0.4 is 5.32 Å². The maximum atomic E-state index is 13.1. The van der Waals surface area contributed by atoms with Gasteiger partial charge in [0.1, 0.15) is 11.0 Å². The summed E-state index contributed by atoms with van der Waals surface area (Å²) in [5, 5.41) is 3.59. The van der Waals surface area contributed by atoms with Crippen LogP contribution in [0.5, 0.6) is 0 Å². The number of anilines is 1. The number of halogens is 2. The van der Waals surface area contributed by atoms with Crippen molar-refractivity contribution in [1.29, 1.82) is 0 Å². The molecular formula is C14H9ClFN3OS. The zero-order chi connectivity index (χ0) is 15.0. The van der Waals surface area contributed by atoms with E-state index in [4.69, 9.17) is 11.6 Å². The van der Waals surface area contributed by atoms with Gasteiger partial charge in [-0.05, 0) is 31.2 Å². The summed E-state index contributed by atoms with van der Waals surface area (Å²) in [7, 11) is 0. The SMILES string of the molecule is Cc1nc2ccc(NC(=O)c3cc(F)cnc3Cl)cc2s1. The van der Waals surface area contributed by atoms with E-state index in [1.807, 2.05) is 19.1 Å². The van der Waals surface area contributed by atoms with Gasteiger partial charge in [0.05, 0.1) is 27.0 Å². The van der Waals surface area contributed by atoms with E-state index in [0.29, 0.717) is 5.69 Å². The minimum absolute atomic E-state index is 0.00255. The van der Waals surface area contributed by atoms with E-state index in [0.717, 1.165) is 27.5 Å². The first-order valence-electron chi connectivity index (χ1n) is 6.02. The van der Waals surface area contributed by atoms with Crippen LogP contribution in [0.1, 0.15) is 15.4 Å². The summed E-state index contributed by atoms with van der Waals surface area (Å²) in [6.45, 7) is 1.92. The molecular weight excluding hydrogens is 313 g/mol. The average molecular weight is 322 g/mol. The second-order valence-corrected chi connectivity index (χ2v) is 5.95. The number of nitrogens with one attached hydrogen (secondary N) is 1. The number of amides is 1. The summed E-state index contributed by atoms with van der Waals surface area (Å²) in [5.74, 6) is -1.12. The number of carbonyl (C=O) groups excluding carboxylic acids is 1. The summed E-state index contributed by atoms with van der Waals surface area (Å²) < 4.78 is 14.1. The Morgan fingerprint density at radius 1 is 1.38 bits per heavy atom. The van der Waals surface area contributed by atoms with Gasteiger partial charge in [-0.3, -0.25) is 4.79 Å². The molecule has 0 fully saturated rings. The third-order valence-corrected chi connectivity index (χ3v) is 4.04. The molecule has 0 unspecified atom stereocenters. The Balaban J connectivity index is 1.90. The Morgan fingerprint density at radius 3 is 3.00 bits per heavy atom. The molecule has 2 aromatic heterocycles. The van der Waals surface area contributed by atoms with Gasteiger partial charge in [-0.1, -0.05) is 11.6 Å². The number of hydrogen-bond acceptors (Lipinski definition) is 4. The summed E-state index contributed by atoms with van der Waals surface area (Å²) in [4.78, 5) is 20.1. The highest BCUT2D eigenvalue weighted by Gasteiger charge is 2.13. The van der Waals surface area contributed by atoms with Crippen molar-refractivity contribution >= 4 is 44.7 Å². The fourth-order valence-corrected chi connectivity index (χ4v) is 2.95. The van der Waals surface area contributed by atoms with Crippen LogP contribution in [0, 0.1) is 12.7 Å². The first-order chi connectivity index (χ1) is 10.0. The highest BCUT2D eigenvalue weighted by atomic mass is 35.5. The van der Waals surface area contributed by atoms with Crippen molar-refractivity contribution in [2.45, 2.75) is 6.92 Å². The Morgan fingerprint density at radius 2 is 2.19 bits per heavy atom. The maximum absolute atomic E-state index is 13.1. The van der Waals surface area contributed by atoms with Gasteiger partial charge >= 0.3 is 0 Å². The molecule has 0 bridgehead atoms. The van der Waals surface area contributed by atoms with E-state index in [1.165, 1.54) is 11.3 Å². The van der Waals surface area contributed by atoms with Crippen LogP contribution in [-0.2, 0) is 0 Å². The monoisotopic (exact) mass is 321 g/mol. The summed E-state index contributed by atoms with van der Waals surface area (Å²) in [6, 6.07) is 6.43. The van der Waals surface area contributed by atoms with E-state index in [9.17, 15) is 9.18 Å². The molecule has 3 aromatic rings. The lowest BCUT2D eigenvalue weighted by Crippen LogP contribution is -2.13. The van der Waals surface area contributed by atoms with Crippen molar-refractivity contribution in [2.24, 2.45) is 0 Å². The topological polar surface area (TPSA) is 54.9 Å². The fourth-order valence-electron chi connectivity index (χ4n) is 1.90. The predicted octanol–water partition coefficient (Wildman–Crippen LogP) is 4.04. The molecule has 1 amide bonds. The number of benzene rings is 1. The van der Waals surface area contributed by atoms with E-state index < -0.39 is 11.7 Å². The van der Waals surface area contributed by atoms with Crippen molar-refractivity contribution in [2.75, 3.05) is 5.32 Å². The zero-order valence-corrected chi connectivity index (χ0v) is 12.4. The first kappa shape index (κ1) is 13.9. The van der Waals surface area contributed by atoms with Crippen LogP contribution in [0.2, 0.25) is 5.15 Å². The van der Waals surface area contributed by atoms with E-state index >= 15 is 0 Å². The second kappa shape index (κ2) is 5.38. The number of carbonyl (C=O) groups is 1. The molecule has 7 heteroatoms. The maximum Gasteiger partial charge on any atom is 0.258 e. The Bertz CT molecular complexity index is 849. The van der Waals surface area contributed by atoms with Crippen LogP contribution in [0.25, 0.3) is 10.2 Å². The number of thiazole rings is 1. The first-order valence-corrected chi connectivity index (χ1v) is 7.22. The van der Waals surface area contributed by atoms with Gasteiger partial charge in [-0.15, -0.1) is 11.3 Å². The second-order valence-electron chi connectivity index (χ2n) is 4.36. The third-order valence-electron chi connectivity index (χ3n) is 2.80. The van der Waals surface area contributed by atoms with Crippen molar-refractivity contribution in [1.82, 2.24) is 9.97 Å². The molecule has 0 aliphatic rings. The number of aromatic nitrogens is 2. The quantitative estimate of drug-likeness (QED) is 0.725. The predicted molar refractivity (Wildman–Crippen MR) is 81.5 cm³/mol. The van der Waals surface area contributed by atoms with Crippen LogP contribution in [0.4, 0.5) is 10.1 Å². The Kier molecular flexibility index (Phi) is 3.57. The van der Waals surface area contributed by atoms with Crippen molar-refractivity contribution in [3.8, 4) is 0 Å². The molecule has 1 N–H and O–H groups in total.